The van der Waals surface area contributed by atoms with Crippen LogP contribution in [-0.2, 0) is 4.74 Å². The fourth-order valence-electron chi connectivity index (χ4n) is 2.58. The van der Waals surface area contributed by atoms with Gasteiger partial charge in [0.25, 0.3) is 0 Å². The number of ether oxygens (including phenoxy) is 1. The number of carbonyl (C=O) groups excluding carboxylic acids is 1. The van der Waals surface area contributed by atoms with Crippen molar-refractivity contribution in [2.75, 3.05) is 13.1 Å². The highest BCUT2D eigenvalue weighted by Crippen LogP contribution is 2.28. The topological polar surface area (TPSA) is 29.5 Å². The van der Waals surface area contributed by atoms with Crippen LogP contribution in [0, 0.1) is 5.92 Å². The van der Waals surface area contributed by atoms with E-state index >= 15 is 0 Å². The van der Waals surface area contributed by atoms with Gasteiger partial charge < -0.3 is 9.64 Å². The zero-order valence-corrected chi connectivity index (χ0v) is 17.0. The van der Waals surface area contributed by atoms with Gasteiger partial charge in [-0.2, -0.15) is 0 Å². The van der Waals surface area contributed by atoms with Crippen LogP contribution in [0.5, 0.6) is 0 Å². The number of hydrogen-bond donors (Lipinski definition) is 0. The smallest absolute Gasteiger partial charge is 0.410 e. The molecular formula is C18H23Br2NO2. The number of halogens is 2. The van der Waals surface area contributed by atoms with Gasteiger partial charge in [0.15, 0.2) is 0 Å². The minimum atomic E-state index is -0.443. The average molecular weight is 445 g/mol. The van der Waals surface area contributed by atoms with E-state index in [-0.39, 0.29) is 6.09 Å². The van der Waals surface area contributed by atoms with Crippen LogP contribution in [-0.4, -0.2) is 29.7 Å². The molecule has 2 aliphatic rings. The number of allylic oxidation sites excluding steroid dienone is 5. The van der Waals surface area contributed by atoms with Crippen molar-refractivity contribution in [3.63, 3.8) is 0 Å². The molecule has 1 atom stereocenters. The fourth-order valence-corrected chi connectivity index (χ4v) is 3.26. The number of amides is 1. The quantitative estimate of drug-likeness (QED) is 0.547. The van der Waals surface area contributed by atoms with E-state index < -0.39 is 5.60 Å². The van der Waals surface area contributed by atoms with Gasteiger partial charge in [-0.15, -0.1) is 0 Å². The van der Waals surface area contributed by atoms with E-state index in [0.29, 0.717) is 19.0 Å². The first-order valence-corrected chi connectivity index (χ1v) is 9.42. The molecule has 126 valence electrons. The van der Waals surface area contributed by atoms with Crippen LogP contribution in [0.25, 0.3) is 0 Å². The molecule has 0 aromatic carbocycles. The maximum absolute atomic E-state index is 12.1. The summed E-state index contributed by atoms with van der Waals surface area (Å²) in [6.45, 7) is 7.01. The largest absolute Gasteiger partial charge is 0.444 e. The summed E-state index contributed by atoms with van der Waals surface area (Å²) in [4.78, 5) is 13.8. The second-order valence-corrected chi connectivity index (χ2v) is 9.55. The molecule has 0 saturated carbocycles. The zero-order valence-electron chi connectivity index (χ0n) is 13.8. The lowest BCUT2D eigenvalue weighted by molar-refractivity contribution is 0.0266. The second kappa shape index (κ2) is 7.84. The summed E-state index contributed by atoms with van der Waals surface area (Å²) >= 11 is 6.81. The molecule has 1 amide bonds. The monoisotopic (exact) mass is 443 g/mol. The van der Waals surface area contributed by atoms with Crippen LogP contribution in [0.2, 0.25) is 0 Å². The maximum Gasteiger partial charge on any atom is 0.410 e. The fraction of sp³-hybridized carbons (Fsp3) is 0.500. The second-order valence-electron chi connectivity index (χ2n) is 6.78. The Kier molecular flexibility index (Phi) is 6.32. The van der Waals surface area contributed by atoms with Gasteiger partial charge in [0.05, 0.1) is 3.39 Å². The SMILES string of the molecule is CC(C)(C)OC(=O)N1CC=C(C2=CCC(C=C(Br)Br)C=C2)CC1. The van der Waals surface area contributed by atoms with Crippen molar-refractivity contribution in [1.82, 2.24) is 4.90 Å². The summed E-state index contributed by atoms with van der Waals surface area (Å²) in [6.07, 6.45) is 12.6. The Hall–Kier alpha value is -0.810. The van der Waals surface area contributed by atoms with E-state index in [4.69, 9.17) is 4.74 Å². The summed E-state index contributed by atoms with van der Waals surface area (Å²) in [5, 5.41) is 0. The number of rotatable bonds is 2. The predicted octanol–water partition coefficient (Wildman–Crippen LogP) is 5.69. The van der Waals surface area contributed by atoms with E-state index in [9.17, 15) is 4.79 Å². The molecule has 0 bridgehead atoms. The van der Waals surface area contributed by atoms with Crippen molar-refractivity contribution in [3.05, 3.63) is 44.9 Å². The highest BCUT2D eigenvalue weighted by atomic mass is 79.9. The number of hydrogen-bond acceptors (Lipinski definition) is 2. The van der Waals surface area contributed by atoms with Crippen LogP contribution in [0.15, 0.2) is 44.9 Å². The Morgan fingerprint density at radius 2 is 2.09 bits per heavy atom. The lowest BCUT2D eigenvalue weighted by Gasteiger charge is -2.30. The van der Waals surface area contributed by atoms with Crippen molar-refractivity contribution < 1.29 is 9.53 Å². The third-order valence-corrected chi connectivity index (χ3v) is 4.23. The van der Waals surface area contributed by atoms with Crippen LogP contribution in [0.3, 0.4) is 0 Å². The molecule has 0 N–H and O–H groups in total. The summed E-state index contributed by atoms with van der Waals surface area (Å²) in [5.41, 5.74) is 2.16. The third-order valence-electron chi connectivity index (χ3n) is 3.70. The molecule has 2 rings (SSSR count). The number of nitrogens with zero attached hydrogens (tertiary/aromatic N) is 1. The molecule has 1 heterocycles. The Morgan fingerprint density at radius 3 is 2.57 bits per heavy atom. The molecule has 5 heteroatoms. The molecule has 1 aliphatic heterocycles. The Morgan fingerprint density at radius 1 is 1.35 bits per heavy atom. The number of carbonyl (C=O) groups is 1. The van der Waals surface area contributed by atoms with Crippen molar-refractivity contribution in [1.29, 1.82) is 0 Å². The molecule has 0 aromatic rings. The lowest BCUT2D eigenvalue weighted by Crippen LogP contribution is -2.39. The zero-order chi connectivity index (χ0) is 17.0. The summed E-state index contributed by atoms with van der Waals surface area (Å²) in [7, 11) is 0. The molecule has 3 nitrogen and oxygen atoms in total. The molecular weight excluding hydrogens is 422 g/mol. The standard InChI is InChI=1S/C18H23Br2NO2/c1-18(2,3)23-17(22)21-10-8-15(9-11-21)14-6-4-13(5-7-14)12-16(19)20/h4,6-8,12-13H,5,9-11H2,1-3H3. The normalized spacial score (nSPS) is 21.4. The molecule has 23 heavy (non-hydrogen) atoms. The maximum atomic E-state index is 12.1. The Balaban J connectivity index is 1.93. The van der Waals surface area contributed by atoms with Gasteiger partial charge in [-0.3, -0.25) is 0 Å². The molecule has 0 fully saturated rings. The highest BCUT2D eigenvalue weighted by molar-refractivity contribution is 9.28. The molecule has 0 aromatic heterocycles. The molecule has 0 spiro atoms. The van der Waals surface area contributed by atoms with Gasteiger partial charge in [-0.25, -0.2) is 4.79 Å². The van der Waals surface area contributed by atoms with Gasteiger partial charge in [-0.1, -0.05) is 30.4 Å². The molecule has 1 aliphatic carbocycles. The van der Waals surface area contributed by atoms with Crippen molar-refractivity contribution >= 4 is 38.0 Å². The van der Waals surface area contributed by atoms with Gasteiger partial charge in [0, 0.05) is 19.0 Å². The van der Waals surface area contributed by atoms with E-state index in [1.165, 1.54) is 11.1 Å². The van der Waals surface area contributed by atoms with Crippen molar-refractivity contribution in [2.45, 2.75) is 39.2 Å². The van der Waals surface area contributed by atoms with E-state index in [2.05, 4.69) is 62.2 Å². The lowest BCUT2D eigenvalue weighted by atomic mass is 9.90. The minimum absolute atomic E-state index is 0.228. The van der Waals surface area contributed by atoms with E-state index in [1.807, 2.05) is 20.8 Å². The van der Waals surface area contributed by atoms with Crippen LogP contribution < -0.4 is 0 Å². The first kappa shape index (κ1) is 18.5. The Bertz CT molecular complexity index is 578. The van der Waals surface area contributed by atoms with Gasteiger partial charge in [-0.05, 0) is 76.6 Å². The average Bonchev–Trinajstić information content (AvgIpc) is 2.46. The first-order valence-electron chi connectivity index (χ1n) is 7.83. The summed E-state index contributed by atoms with van der Waals surface area (Å²) < 4.78 is 6.41. The van der Waals surface area contributed by atoms with Crippen LogP contribution in [0.1, 0.15) is 33.6 Å². The van der Waals surface area contributed by atoms with Gasteiger partial charge in [0.1, 0.15) is 5.60 Å². The Labute approximate surface area is 155 Å². The summed E-state index contributed by atoms with van der Waals surface area (Å²) in [6, 6.07) is 0. The van der Waals surface area contributed by atoms with Crippen LogP contribution in [0.4, 0.5) is 4.79 Å². The molecule has 0 saturated heterocycles. The molecule has 1 unspecified atom stereocenters. The van der Waals surface area contributed by atoms with Crippen molar-refractivity contribution in [3.8, 4) is 0 Å². The minimum Gasteiger partial charge on any atom is -0.444 e. The van der Waals surface area contributed by atoms with Gasteiger partial charge >= 0.3 is 6.09 Å². The predicted molar refractivity (Wildman–Crippen MR) is 102 cm³/mol. The van der Waals surface area contributed by atoms with E-state index in [1.54, 1.807) is 4.90 Å². The van der Waals surface area contributed by atoms with Crippen molar-refractivity contribution in [2.24, 2.45) is 5.92 Å². The molecule has 0 radical (unpaired) electrons. The highest BCUT2D eigenvalue weighted by Gasteiger charge is 2.24. The summed E-state index contributed by atoms with van der Waals surface area (Å²) in [5.74, 6) is 0.426. The first-order chi connectivity index (χ1) is 10.7. The third kappa shape index (κ3) is 5.96. The van der Waals surface area contributed by atoms with Gasteiger partial charge in [0.2, 0.25) is 0 Å². The van der Waals surface area contributed by atoms with Crippen LogP contribution >= 0.6 is 31.9 Å². The van der Waals surface area contributed by atoms with E-state index in [0.717, 1.165) is 16.2 Å².